The highest BCUT2D eigenvalue weighted by molar-refractivity contribution is 5.87. The quantitative estimate of drug-likeness (QED) is 0.569. The SMILES string of the molecule is Cn1nc(C2CCCN(C(=O)OC(C)(C)C)C2)nc1NC(=O)NCC(O)CCc1ccccc1. The van der Waals surface area contributed by atoms with Gasteiger partial charge in [0, 0.05) is 32.6 Å². The Morgan fingerprint density at radius 3 is 2.71 bits per heavy atom. The number of ether oxygens (including phenoxy) is 1. The van der Waals surface area contributed by atoms with E-state index < -0.39 is 17.7 Å². The predicted molar refractivity (Wildman–Crippen MR) is 129 cm³/mol. The van der Waals surface area contributed by atoms with Gasteiger partial charge in [-0.25, -0.2) is 14.3 Å². The molecule has 1 aromatic heterocycles. The summed E-state index contributed by atoms with van der Waals surface area (Å²) in [5, 5.41) is 20.0. The molecule has 1 aliphatic rings. The van der Waals surface area contributed by atoms with Crippen LogP contribution in [0.2, 0.25) is 0 Å². The number of nitrogens with zero attached hydrogens (tertiary/aromatic N) is 4. The molecule has 10 heteroatoms. The summed E-state index contributed by atoms with van der Waals surface area (Å²) in [6.07, 6.45) is 1.97. The zero-order valence-electron chi connectivity index (χ0n) is 20.5. The number of benzene rings is 1. The number of likely N-dealkylation sites (tertiary alicyclic amines) is 1. The zero-order valence-corrected chi connectivity index (χ0v) is 20.5. The van der Waals surface area contributed by atoms with E-state index >= 15 is 0 Å². The van der Waals surface area contributed by atoms with Gasteiger partial charge in [-0.2, -0.15) is 10.1 Å². The Bertz CT molecular complexity index is 956. The van der Waals surface area contributed by atoms with E-state index in [1.165, 1.54) is 4.68 Å². The number of aryl methyl sites for hydroxylation is 2. The highest BCUT2D eigenvalue weighted by Crippen LogP contribution is 2.26. The number of aliphatic hydroxyl groups is 1. The number of carbonyl (C=O) groups is 2. The van der Waals surface area contributed by atoms with Crippen LogP contribution in [-0.4, -0.2) is 68.2 Å². The molecule has 0 spiro atoms. The maximum absolute atomic E-state index is 12.4. The smallest absolute Gasteiger partial charge is 0.410 e. The van der Waals surface area contributed by atoms with Gasteiger partial charge in [-0.3, -0.25) is 5.32 Å². The van der Waals surface area contributed by atoms with Gasteiger partial charge in [-0.15, -0.1) is 0 Å². The van der Waals surface area contributed by atoms with Gasteiger partial charge in [0.1, 0.15) is 5.60 Å². The Hall–Kier alpha value is -3.14. The van der Waals surface area contributed by atoms with Crippen LogP contribution in [-0.2, 0) is 18.2 Å². The van der Waals surface area contributed by atoms with Crippen molar-refractivity contribution in [1.29, 1.82) is 0 Å². The number of hydrogen-bond acceptors (Lipinski definition) is 6. The lowest BCUT2D eigenvalue weighted by molar-refractivity contribution is 0.0196. The van der Waals surface area contributed by atoms with E-state index in [4.69, 9.17) is 4.74 Å². The van der Waals surface area contributed by atoms with Crippen LogP contribution in [0, 0.1) is 0 Å². The fraction of sp³-hybridized carbons (Fsp3) is 0.583. The Kier molecular flexibility index (Phi) is 8.49. The second kappa shape index (κ2) is 11.3. The van der Waals surface area contributed by atoms with Gasteiger partial charge in [0.05, 0.1) is 6.10 Å². The number of amides is 3. The van der Waals surface area contributed by atoms with Crippen molar-refractivity contribution in [2.24, 2.45) is 7.05 Å². The first-order valence-electron chi connectivity index (χ1n) is 11.8. The van der Waals surface area contributed by atoms with Crippen molar-refractivity contribution in [3.63, 3.8) is 0 Å². The van der Waals surface area contributed by atoms with Crippen molar-refractivity contribution in [3.8, 4) is 0 Å². The topological polar surface area (TPSA) is 122 Å². The van der Waals surface area contributed by atoms with Gasteiger partial charge < -0.3 is 20.1 Å². The highest BCUT2D eigenvalue weighted by atomic mass is 16.6. The van der Waals surface area contributed by atoms with Crippen LogP contribution in [0.4, 0.5) is 15.5 Å². The van der Waals surface area contributed by atoms with Gasteiger partial charge in [0.25, 0.3) is 0 Å². The third kappa shape index (κ3) is 7.72. The van der Waals surface area contributed by atoms with E-state index in [-0.39, 0.29) is 18.6 Å². The molecule has 2 aromatic rings. The molecule has 186 valence electrons. The molecule has 1 saturated heterocycles. The number of aliphatic hydroxyl groups excluding tert-OH is 1. The summed E-state index contributed by atoms with van der Waals surface area (Å²) in [6, 6.07) is 9.44. The molecule has 0 bridgehead atoms. The molecule has 34 heavy (non-hydrogen) atoms. The first-order valence-corrected chi connectivity index (χ1v) is 11.8. The van der Waals surface area contributed by atoms with E-state index in [2.05, 4.69) is 20.7 Å². The number of hydrogen-bond donors (Lipinski definition) is 3. The molecule has 10 nitrogen and oxygen atoms in total. The normalized spacial score (nSPS) is 17.2. The third-order valence-electron chi connectivity index (χ3n) is 5.55. The number of aromatic nitrogens is 3. The largest absolute Gasteiger partial charge is 0.444 e. The summed E-state index contributed by atoms with van der Waals surface area (Å²) in [5.41, 5.74) is 0.595. The Morgan fingerprint density at radius 2 is 2.00 bits per heavy atom. The van der Waals surface area contributed by atoms with Crippen LogP contribution < -0.4 is 10.6 Å². The molecule has 1 aliphatic heterocycles. The maximum Gasteiger partial charge on any atom is 0.410 e. The fourth-order valence-corrected chi connectivity index (χ4v) is 3.80. The number of carbonyl (C=O) groups excluding carboxylic acids is 2. The minimum absolute atomic E-state index is 0.0362. The first kappa shape index (κ1) is 25.5. The molecular weight excluding hydrogens is 436 g/mol. The predicted octanol–water partition coefficient (Wildman–Crippen LogP) is 3.04. The van der Waals surface area contributed by atoms with Gasteiger partial charge >= 0.3 is 12.1 Å². The van der Waals surface area contributed by atoms with E-state index in [1.54, 1.807) is 11.9 Å². The van der Waals surface area contributed by atoms with E-state index in [0.29, 0.717) is 31.3 Å². The summed E-state index contributed by atoms with van der Waals surface area (Å²) in [4.78, 5) is 30.9. The number of anilines is 1. The number of rotatable bonds is 7. The van der Waals surface area contributed by atoms with Crippen LogP contribution in [0.1, 0.15) is 57.3 Å². The lowest BCUT2D eigenvalue weighted by Gasteiger charge is -2.33. The second-order valence-corrected chi connectivity index (χ2v) is 9.70. The molecule has 2 atom stereocenters. The molecule has 2 unspecified atom stereocenters. The van der Waals surface area contributed by atoms with E-state index in [9.17, 15) is 14.7 Å². The fourth-order valence-electron chi connectivity index (χ4n) is 3.80. The zero-order chi connectivity index (χ0) is 24.7. The highest BCUT2D eigenvalue weighted by Gasteiger charge is 2.30. The summed E-state index contributed by atoms with van der Waals surface area (Å²) >= 11 is 0. The summed E-state index contributed by atoms with van der Waals surface area (Å²) in [7, 11) is 1.70. The minimum Gasteiger partial charge on any atom is -0.444 e. The molecule has 0 aliphatic carbocycles. The minimum atomic E-state index is -0.651. The number of urea groups is 1. The van der Waals surface area contributed by atoms with Crippen molar-refractivity contribution in [1.82, 2.24) is 25.0 Å². The van der Waals surface area contributed by atoms with Crippen molar-refractivity contribution >= 4 is 18.1 Å². The molecule has 1 aromatic carbocycles. The summed E-state index contributed by atoms with van der Waals surface area (Å²) in [6.45, 7) is 6.78. The molecule has 0 saturated carbocycles. The third-order valence-corrected chi connectivity index (χ3v) is 5.55. The number of nitrogens with one attached hydrogen (secondary N) is 2. The van der Waals surface area contributed by atoms with Gasteiger partial charge in [0.2, 0.25) is 5.95 Å². The average molecular weight is 473 g/mol. The summed E-state index contributed by atoms with van der Waals surface area (Å²) in [5.74, 6) is 0.848. The van der Waals surface area contributed by atoms with E-state index in [0.717, 1.165) is 24.8 Å². The second-order valence-electron chi connectivity index (χ2n) is 9.70. The van der Waals surface area contributed by atoms with Crippen molar-refractivity contribution < 1.29 is 19.4 Å². The molecule has 2 heterocycles. The maximum atomic E-state index is 12.4. The van der Waals surface area contributed by atoms with Crippen molar-refractivity contribution in [2.75, 3.05) is 25.0 Å². The molecule has 1 fully saturated rings. The monoisotopic (exact) mass is 472 g/mol. The molecule has 3 N–H and O–H groups in total. The van der Waals surface area contributed by atoms with Crippen molar-refractivity contribution in [3.05, 3.63) is 41.7 Å². The Labute approximate surface area is 200 Å². The lowest BCUT2D eigenvalue weighted by Crippen LogP contribution is -2.42. The number of piperidine rings is 1. The lowest BCUT2D eigenvalue weighted by atomic mass is 9.98. The van der Waals surface area contributed by atoms with Crippen molar-refractivity contribution in [2.45, 2.75) is 64.1 Å². The Balaban J connectivity index is 1.48. The van der Waals surface area contributed by atoms with Gasteiger partial charge in [0.15, 0.2) is 5.82 Å². The Morgan fingerprint density at radius 1 is 1.26 bits per heavy atom. The van der Waals surface area contributed by atoms with Crippen LogP contribution in [0.15, 0.2) is 30.3 Å². The van der Waals surface area contributed by atoms with Crippen LogP contribution >= 0.6 is 0 Å². The molecule has 0 radical (unpaired) electrons. The van der Waals surface area contributed by atoms with Gasteiger partial charge in [-0.1, -0.05) is 30.3 Å². The van der Waals surface area contributed by atoms with Gasteiger partial charge in [-0.05, 0) is 52.0 Å². The van der Waals surface area contributed by atoms with Crippen LogP contribution in [0.3, 0.4) is 0 Å². The molecular formula is C24H36N6O4. The molecule has 3 amide bonds. The standard InChI is InChI=1S/C24H36N6O4/c1-24(2,3)34-23(33)30-14-8-11-18(16-30)20-26-21(29(4)28-20)27-22(32)25-15-19(31)13-12-17-9-6-5-7-10-17/h5-7,9-10,18-19,31H,8,11-16H2,1-4H3,(H2,25,26,27,28,32). The summed E-state index contributed by atoms with van der Waals surface area (Å²) < 4.78 is 6.99. The van der Waals surface area contributed by atoms with E-state index in [1.807, 2.05) is 51.1 Å². The average Bonchev–Trinajstić information content (AvgIpc) is 3.16. The van der Waals surface area contributed by atoms with Crippen LogP contribution in [0.5, 0.6) is 0 Å². The first-order chi connectivity index (χ1) is 16.1. The molecule has 3 rings (SSSR count). The van der Waals surface area contributed by atoms with Crippen LogP contribution in [0.25, 0.3) is 0 Å².